The van der Waals surface area contributed by atoms with Crippen molar-refractivity contribution in [2.45, 2.75) is 44.1 Å². The lowest BCUT2D eigenvalue weighted by Crippen LogP contribution is -2.17. The summed E-state index contributed by atoms with van der Waals surface area (Å²) in [6.07, 6.45) is 6.12. The third kappa shape index (κ3) is 2.76. The molecule has 2 atom stereocenters. The molecule has 0 amide bonds. The maximum Gasteiger partial charge on any atom is 0.118 e. The number of ether oxygens (including phenoxy) is 1. The van der Waals surface area contributed by atoms with Crippen molar-refractivity contribution in [1.29, 1.82) is 0 Å². The lowest BCUT2D eigenvalue weighted by atomic mass is 9.92. The number of nitrogens with two attached hydrogens (primary N) is 1. The van der Waals surface area contributed by atoms with Crippen LogP contribution in [0.4, 0.5) is 0 Å². The van der Waals surface area contributed by atoms with Crippen LogP contribution in [0.1, 0.15) is 43.6 Å². The van der Waals surface area contributed by atoms with Gasteiger partial charge in [0.1, 0.15) is 5.75 Å². The summed E-state index contributed by atoms with van der Waals surface area (Å²) >= 11 is 0. The molecule has 2 nitrogen and oxygen atoms in total. The van der Waals surface area contributed by atoms with Crippen molar-refractivity contribution in [3.8, 4) is 5.75 Å². The predicted molar refractivity (Wildman–Crippen MR) is 66.8 cm³/mol. The second-order valence-electron chi connectivity index (χ2n) is 4.74. The van der Waals surface area contributed by atoms with Crippen LogP contribution in [0.2, 0.25) is 0 Å². The molecular weight excluding hydrogens is 198 g/mol. The van der Waals surface area contributed by atoms with E-state index in [1.54, 1.807) is 7.11 Å². The van der Waals surface area contributed by atoms with Crippen LogP contribution in [-0.4, -0.2) is 13.2 Å². The van der Waals surface area contributed by atoms with Gasteiger partial charge in [-0.15, -0.1) is 0 Å². The van der Waals surface area contributed by atoms with Crippen LogP contribution in [-0.2, 0) is 0 Å². The fraction of sp³-hybridized carbons (Fsp3) is 0.571. The Morgan fingerprint density at radius 3 is 2.50 bits per heavy atom. The molecular formula is C14H21NO. The van der Waals surface area contributed by atoms with E-state index in [2.05, 4.69) is 24.3 Å². The Kier molecular flexibility index (Phi) is 3.83. The molecule has 2 unspecified atom stereocenters. The van der Waals surface area contributed by atoms with Gasteiger partial charge in [0.05, 0.1) is 7.11 Å². The smallest absolute Gasteiger partial charge is 0.118 e. The number of methoxy groups -OCH3 is 1. The largest absolute Gasteiger partial charge is 0.497 e. The zero-order valence-electron chi connectivity index (χ0n) is 9.99. The van der Waals surface area contributed by atoms with Crippen molar-refractivity contribution < 1.29 is 4.74 Å². The summed E-state index contributed by atoms with van der Waals surface area (Å²) < 4.78 is 5.18. The highest BCUT2D eigenvalue weighted by molar-refractivity contribution is 5.29. The first-order chi connectivity index (χ1) is 7.79. The molecule has 0 saturated heterocycles. The molecule has 1 aromatic carbocycles. The van der Waals surface area contributed by atoms with Crippen molar-refractivity contribution in [1.82, 2.24) is 0 Å². The molecule has 0 radical (unpaired) electrons. The maximum atomic E-state index is 6.00. The van der Waals surface area contributed by atoms with Gasteiger partial charge in [0, 0.05) is 6.04 Å². The minimum atomic E-state index is 0.420. The first-order valence-electron chi connectivity index (χ1n) is 6.19. The minimum Gasteiger partial charge on any atom is -0.497 e. The van der Waals surface area contributed by atoms with Crippen LogP contribution in [0.15, 0.2) is 24.3 Å². The summed E-state index contributed by atoms with van der Waals surface area (Å²) in [4.78, 5) is 0. The van der Waals surface area contributed by atoms with Gasteiger partial charge in [-0.2, -0.15) is 0 Å². The van der Waals surface area contributed by atoms with Crippen LogP contribution in [0.25, 0.3) is 0 Å². The highest BCUT2D eigenvalue weighted by Gasteiger charge is 2.17. The quantitative estimate of drug-likeness (QED) is 0.776. The van der Waals surface area contributed by atoms with E-state index >= 15 is 0 Å². The normalized spacial score (nSPS) is 26.1. The summed E-state index contributed by atoms with van der Waals surface area (Å²) in [7, 11) is 1.71. The molecule has 88 valence electrons. The summed E-state index contributed by atoms with van der Waals surface area (Å²) in [6.45, 7) is 0. The van der Waals surface area contributed by atoms with Crippen molar-refractivity contribution >= 4 is 0 Å². The molecule has 2 heteroatoms. The average molecular weight is 219 g/mol. The zero-order chi connectivity index (χ0) is 11.4. The standard InChI is InChI=1S/C14H21NO/c1-16-14-9-6-12(7-10-14)11-3-2-4-13(15)8-5-11/h6-7,9-11,13H,2-5,8,15H2,1H3. The second-order valence-corrected chi connectivity index (χ2v) is 4.74. The van der Waals surface area contributed by atoms with E-state index in [4.69, 9.17) is 10.5 Å². The molecule has 1 fully saturated rings. The van der Waals surface area contributed by atoms with Gasteiger partial charge in [-0.25, -0.2) is 0 Å². The molecule has 0 heterocycles. The van der Waals surface area contributed by atoms with E-state index in [0.29, 0.717) is 12.0 Å². The monoisotopic (exact) mass is 219 g/mol. The van der Waals surface area contributed by atoms with Gasteiger partial charge in [-0.1, -0.05) is 18.6 Å². The molecule has 1 aromatic rings. The Bertz CT molecular complexity index is 320. The van der Waals surface area contributed by atoms with Crippen LogP contribution in [0.3, 0.4) is 0 Å². The van der Waals surface area contributed by atoms with Crippen LogP contribution >= 0.6 is 0 Å². The molecule has 0 bridgehead atoms. The fourth-order valence-electron chi connectivity index (χ4n) is 2.54. The van der Waals surface area contributed by atoms with Gasteiger partial charge in [-0.3, -0.25) is 0 Å². The van der Waals surface area contributed by atoms with Crippen LogP contribution in [0.5, 0.6) is 5.75 Å². The Morgan fingerprint density at radius 2 is 1.81 bits per heavy atom. The van der Waals surface area contributed by atoms with Gasteiger partial charge in [0.25, 0.3) is 0 Å². The van der Waals surface area contributed by atoms with E-state index in [1.165, 1.54) is 31.2 Å². The van der Waals surface area contributed by atoms with Crippen molar-refractivity contribution in [3.05, 3.63) is 29.8 Å². The number of benzene rings is 1. The van der Waals surface area contributed by atoms with Gasteiger partial charge < -0.3 is 10.5 Å². The van der Waals surface area contributed by atoms with Crippen molar-refractivity contribution in [2.24, 2.45) is 5.73 Å². The maximum absolute atomic E-state index is 6.00. The van der Waals surface area contributed by atoms with Gasteiger partial charge in [0.15, 0.2) is 0 Å². The van der Waals surface area contributed by atoms with E-state index in [0.717, 1.165) is 12.2 Å². The third-order valence-corrected chi connectivity index (χ3v) is 3.60. The van der Waals surface area contributed by atoms with Crippen molar-refractivity contribution in [2.75, 3.05) is 7.11 Å². The third-order valence-electron chi connectivity index (χ3n) is 3.60. The SMILES string of the molecule is COc1ccc(C2CCCC(N)CC2)cc1. The summed E-state index contributed by atoms with van der Waals surface area (Å²) in [6, 6.07) is 8.92. The number of hydrogen-bond acceptors (Lipinski definition) is 2. The number of hydrogen-bond donors (Lipinski definition) is 1. The Labute approximate surface area is 97.8 Å². The molecule has 1 aliphatic carbocycles. The van der Waals surface area contributed by atoms with E-state index in [-0.39, 0.29) is 0 Å². The average Bonchev–Trinajstić information content (AvgIpc) is 2.54. The van der Waals surface area contributed by atoms with Gasteiger partial charge in [-0.05, 0) is 49.3 Å². The van der Waals surface area contributed by atoms with E-state index < -0.39 is 0 Å². The highest BCUT2D eigenvalue weighted by atomic mass is 16.5. The Balaban J connectivity index is 2.04. The topological polar surface area (TPSA) is 35.2 Å². The van der Waals surface area contributed by atoms with E-state index in [9.17, 15) is 0 Å². The van der Waals surface area contributed by atoms with Gasteiger partial charge in [0.2, 0.25) is 0 Å². The molecule has 2 rings (SSSR count). The minimum absolute atomic E-state index is 0.420. The molecule has 0 aromatic heterocycles. The lowest BCUT2D eigenvalue weighted by Gasteiger charge is -2.14. The molecule has 0 aliphatic heterocycles. The lowest BCUT2D eigenvalue weighted by molar-refractivity contribution is 0.414. The van der Waals surface area contributed by atoms with E-state index in [1.807, 2.05) is 0 Å². The first kappa shape index (κ1) is 11.5. The molecule has 1 saturated carbocycles. The highest BCUT2D eigenvalue weighted by Crippen LogP contribution is 2.31. The predicted octanol–water partition coefficient (Wildman–Crippen LogP) is 3.07. The summed E-state index contributed by atoms with van der Waals surface area (Å²) in [5, 5.41) is 0. The second kappa shape index (κ2) is 5.35. The van der Waals surface area contributed by atoms with Crippen LogP contribution in [0, 0.1) is 0 Å². The summed E-state index contributed by atoms with van der Waals surface area (Å²) in [5.41, 5.74) is 7.44. The summed E-state index contributed by atoms with van der Waals surface area (Å²) in [5.74, 6) is 1.63. The molecule has 16 heavy (non-hydrogen) atoms. The first-order valence-corrected chi connectivity index (χ1v) is 6.19. The molecule has 1 aliphatic rings. The molecule has 2 N–H and O–H groups in total. The fourth-order valence-corrected chi connectivity index (χ4v) is 2.54. The van der Waals surface area contributed by atoms with Gasteiger partial charge >= 0.3 is 0 Å². The Morgan fingerprint density at radius 1 is 1.06 bits per heavy atom. The molecule has 0 spiro atoms. The zero-order valence-corrected chi connectivity index (χ0v) is 9.99. The number of rotatable bonds is 2. The van der Waals surface area contributed by atoms with Crippen LogP contribution < -0.4 is 10.5 Å². The van der Waals surface area contributed by atoms with Crippen molar-refractivity contribution in [3.63, 3.8) is 0 Å². The Hall–Kier alpha value is -1.02.